The highest BCUT2D eigenvalue weighted by molar-refractivity contribution is 7.99. The molecule has 8 atom stereocenters. The van der Waals surface area contributed by atoms with Crippen molar-refractivity contribution in [1.82, 2.24) is 30.2 Å². The lowest BCUT2D eigenvalue weighted by molar-refractivity contribution is -0.137. The number of hydrogen-bond acceptors (Lipinski definition) is 18. The highest BCUT2D eigenvalue weighted by Gasteiger charge is 2.50. The molecule has 2 amide bonds. The summed E-state index contributed by atoms with van der Waals surface area (Å²) in [5.41, 5.74) is 3.42. The molecule has 0 radical (unpaired) electrons. The quantitative estimate of drug-likeness (QED) is 0.0363. The first-order valence-electron chi connectivity index (χ1n) is 17.2. The van der Waals surface area contributed by atoms with Gasteiger partial charge in [-0.15, -0.1) is 6.58 Å². The molecule has 11 N–H and O–H groups in total. The van der Waals surface area contributed by atoms with Gasteiger partial charge in [-0.2, -0.15) is 16.1 Å². The third-order valence-electron chi connectivity index (χ3n) is 8.26. The van der Waals surface area contributed by atoms with Crippen LogP contribution < -0.4 is 16.4 Å². The van der Waals surface area contributed by atoms with E-state index in [9.17, 15) is 58.2 Å². The molecule has 1 aliphatic heterocycles. The number of anilines is 1. The van der Waals surface area contributed by atoms with E-state index in [1.54, 1.807) is 6.08 Å². The van der Waals surface area contributed by atoms with Gasteiger partial charge in [-0.05, 0) is 12.8 Å². The molecule has 0 spiro atoms. The predicted molar refractivity (Wildman–Crippen MR) is 202 cm³/mol. The van der Waals surface area contributed by atoms with Gasteiger partial charge in [0.05, 0.1) is 25.1 Å². The smallest absolute Gasteiger partial charge is 0.389 e. The van der Waals surface area contributed by atoms with Gasteiger partial charge < -0.3 is 56.0 Å². The minimum absolute atomic E-state index is 0.0327. The zero-order valence-corrected chi connectivity index (χ0v) is 34.7. The Bertz CT molecular complexity index is 1840. The molecule has 0 saturated carbocycles. The summed E-state index contributed by atoms with van der Waals surface area (Å²) in [4.78, 5) is 75.8. The number of nitrogens with one attached hydrogen (secondary N) is 2. The number of thioether (sulfide) groups is 1. The number of amides is 2. The maximum absolute atomic E-state index is 12.7. The first kappa shape index (κ1) is 49.0. The number of nitrogen functional groups attached to an aromatic ring is 1. The van der Waals surface area contributed by atoms with E-state index in [4.69, 9.17) is 19.5 Å². The molecule has 24 nitrogen and oxygen atoms in total. The molecular weight excluding hydrogens is 843 g/mol. The number of carbonyl (C=O) groups excluding carboxylic acids is 2. The van der Waals surface area contributed by atoms with E-state index >= 15 is 0 Å². The highest BCUT2D eigenvalue weighted by atomic mass is 32.2. The van der Waals surface area contributed by atoms with E-state index in [0.29, 0.717) is 30.9 Å². The standard InChI is InChI=1S/C29H50N7O17P3S/c1-5-8-29(41,9-6-2)15-57-12-11-31-19(37)7-10-32-26(40)23(39)28(3,4)14-50-56(47,48)53-55(45,46)49-13-18-22(52-54(42,43)44)21(38)27(51-18)36-17-35-20-24(30)33-16-34-25(20)36/h5,16-18,21-23,27,38-39,41H,1,6-15H2,2-4H3,(H,31,37)(H,32,40)(H,45,46)(H,47,48)(H2,30,33,34)(H2,42,43,44)/t18-,21-,22-,23?,27-,29?/m1/s1. The van der Waals surface area contributed by atoms with Crippen LogP contribution in [0.3, 0.4) is 0 Å². The zero-order chi connectivity index (χ0) is 42.8. The first-order chi connectivity index (χ1) is 26.4. The Morgan fingerprint density at radius 2 is 1.81 bits per heavy atom. The van der Waals surface area contributed by atoms with Crippen molar-refractivity contribution in [3.05, 3.63) is 25.3 Å². The van der Waals surface area contributed by atoms with Gasteiger partial charge in [0.25, 0.3) is 0 Å². The van der Waals surface area contributed by atoms with Crippen LogP contribution in [-0.4, -0.2) is 134 Å². The van der Waals surface area contributed by atoms with Gasteiger partial charge in [0, 0.05) is 36.4 Å². The molecule has 3 rings (SSSR count). The molecule has 0 aromatic carbocycles. The number of phosphoric ester groups is 3. The normalized spacial score (nSPS) is 22.6. The van der Waals surface area contributed by atoms with Crippen molar-refractivity contribution in [3.8, 4) is 0 Å². The van der Waals surface area contributed by atoms with E-state index in [1.807, 2.05) is 6.92 Å². The molecule has 1 aliphatic rings. The number of imidazole rings is 1. The number of ether oxygens (including phenoxy) is 1. The minimum Gasteiger partial charge on any atom is -0.389 e. The Morgan fingerprint density at radius 1 is 1.12 bits per heavy atom. The third-order valence-corrected chi connectivity index (χ3v) is 12.6. The molecule has 2 aromatic heterocycles. The fraction of sp³-hybridized carbons (Fsp3) is 0.690. The number of aliphatic hydroxyl groups is 3. The van der Waals surface area contributed by atoms with Gasteiger partial charge >= 0.3 is 23.5 Å². The SMILES string of the molecule is C=CCC(O)(CCC)CSCCNC(=O)CCNC(=O)C(O)C(C)(C)COP(=O)(O)OP(=O)(O)OC[C@H]1O[C@@H](n2cnc3c(N)ncnc32)[C@H](O)[C@@H]1OP(=O)(O)O. The molecule has 1 saturated heterocycles. The predicted octanol–water partition coefficient (Wildman–Crippen LogP) is 0.245. The van der Waals surface area contributed by atoms with Gasteiger partial charge in [0.1, 0.15) is 36.3 Å². The highest BCUT2D eigenvalue weighted by Crippen LogP contribution is 2.61. The van der Waals surface area contributed by atoms with Gasteiger partial charge in [0.15, 0.2) is 17.7 Å². The summed E-state index contributed by atoms with van der Waals surface area (Å²) < 4.78 is 62.2. The molecule has 2 aromatic rings. The summed E-state index contributed by atoms with van der Waals surface area (Å²) in [6, 6.07) is 0. The summed E-state index contributed by atoms with van der Waals surface area (Å²) in [5.74, 6) is -0.371. The summed E-state index contributed by atoms with van der Waals surface area (Å²) >= 11 is 1.48. The second kappa shape index (κ2) is 20.7. The Balaban J connectivity index is 1.48. The Morgan fingerprint density at radius 3 is 2.46 bits per heavy atom. The number of phosphoric acid groups is 3. The lowest BCUT2D eigenvalue weighted by Gasteiger charge is -2.30. The molecule has 28 heteroatoms. The first-order valence-corrected chi connectivity index (χ1v) is 22.9. The number of carbonyl (C=O) groups is 2. The van der Waals surface area contributed by atoms with Crippen LogP contribution in [0.2, 0.25) is 0 Å². The van der Waals surface area contributed by atoms with Gasteiger partial charge in [-0.25, -0.2) is 28.6 Å². The molecule has 57 heavy (non-hydrogen) atoms. The number of aliphatic hydroxyl groups excluding tert-OH is 2. The van der Waals surface area contributed by atoms with Gasteiger partial charge in [0.2, 0.25) is 11.8 Å². The van der Waals surface area contributed by atoms with Crippen molar-refractivity contribution in [2.24, 2.45) is 5.41 Å². The maximum atomic E-state index is 12.7. The molecule has 4 unspecified atom stereocenters. The van der Waals surface area contributed by atoms with Crippen LogP contribution >= 0.6 is 35.2 Å². The maximum Gasteiger partial charge on any atom is 0.481 e. The molecule has 3 heterocycles. The van der Waals surface area contributed by atoms with Crippen LogP contribution in [0.15, 0.2) is 25.3 Å². The molecular formula is C29H50N7O17P3S. The Kier molecular flexibility index (Phi) is 17.8. The average molecular weight is 894 g/mol. The van der Waals surface area contributed by atoms with E-state index in [1.165, 1.54) is 25.6 Å². The second-order valence-electron chi connectivity index (χ2n) is 13.6. The van der Waals surface area contributed by atoms with Crippen molar-refractivity contribution >= 4 is 64.0 Å². The van der Waals surface area contributed by atoms with Gasteiger partial charge in [-0.1, -0.05) is 33.3 Å². The number of rotatable bonds is 25. The Hall–Kier alpha value is -2.41. The Labute approximate surface area is 331 Å². The number of fused-ring (bicyclic) bond motifs is 1. The zero-order valence-electron chi connectivity index (χ0n) is 31.2. The number of nitrogens with zero attached hydrogens (tertiary/aromatic N) is 4. The molecule has 0 aliphatic carbocycles. The topological polar surface area (TPSA) is 367 Å². The number of aromatic nitrogens is 4. The van der Waals surface area contributed by atoms with Crippen molar-refractivity contribution in [2.45, 2.75) is 82.7 Å². The van der Waals surface area contributed by atoms with E-state index in [0.717, 1.165) is 23.6 Å². The van der Waals surface area contributed by atoms with Gasteiger partial charge in [-0.3, -0.25) is 27.7 Å². The van der Waals surface area contributed by atoms with Crippen LogP contribution in [0.5, 0.6) is 0 Å². The van der Waals surface area contributed by atoms with Crippen molar-refractivity contribution < 1.29 is 80.8 Å². The molecule has 324 valence electrons. The fourth-order valence-corrected chi connectivity index (χ4v) is 9.29. The average Bonchev–Trinajstić information content (AvgIpc) is 3.66. The number of hydrogen-bond donors (Lipinski definition) is 10. The molecule has 0 bridgehead atoms. The second-order valence-corrected chi connectivity index (χ2v) is 18.9. The van der Waals surface area contributed by atoms with Crippen LogP contribution in [0.4, 0.5) is 5.82 Å². The van der Waals surface area contributed by atoms with E-state index in [-0.39, 0.29) is 35.9 Å². The van der Waals surface area contributed by atoms with Crippen molar-refractivity contribution in [3.63, 3.8) is 0 Å². The van der Waals surface area contributed by atoms with E-state index < -0.39 is 84.2 Å². The summed E-state index contributed by atoms with van der Waals surface area (Å²) in [7, 11) is -16.4. The van der Waals surface area contributed by atoms with Crippen LogP contribution in [0, 0.1) is 5.41 Å². The number of nitrogens with two attached hydrogens (primary N) is 1. The monoisotopic (exact) mass is 893 g/mol. The lowest BCUT2D eigenvalue weighted by Crippen LogP contribution is -2.46. The van der Waals surface area contributed by atoms with Crippen LogP contribution in [0.1, 0.15) is 52.7 Å². The van der Waals surface area contributed by atoms with E-state index in [2.05, 4.69) is 41.0 Å². The summed E-state index contributed by atoms with van der Waals surface area (Å²) in [6.07, 6.45) is -3.30. The molecule has 1 fully saturated rings. The fourth-order valence-electron chi connectivity index (χ4n) is 5.43. The van der Waals surface area contributed by atoms with Crippen LogP contribution in [0.25, 0.3) is 11.2 Å². The van der Waals surface area contributed by atoms with Crippen LogP contribution in [-0.2, 0) is 45.9 Å². The summed E-state index contributed by atoms with van der Waals surface area (Å²) in [6.45, 7) is 6.31. The lowest BCUT2D eigenvalue weighted by atomic mass is 9.87. The van der Waals surface area contributed by atoms with Crippen molar-refractivity contribution in [2.75, 3.05) is 43.5 Å². The third kappa shape index (κ3) is 15.0. The largest absolute Gasteiger partial charge is 0.481 e. The minimum atomic E-state index is -5.57. The summed E-state index contributed by atoms with van der Waals surface area (Å²) in [5, 5.41) is 37.1. The van der Waals surface area contributed by atoms with Crippen molar-refractivity contribution in [1.29, 1.82) is 0 Å².